The Morgan fingerprint density at radius 3 is 2.26 bits per heavy atom. The minimum atomic E-state index is -1.05. The summed E-state index contributed by atoms with van der Waals surface area (Å²) in [5, 5.41) is 34.1. The lowest BCUT2D eigenvalue weighted by molar-refractivity contribution is -0.203. The number of carbonyl (C=O) groups excluding carboxylic acids is 1. The highest BCUT2D eigenvalue weighted by Gasteiger charge is 2.64. The Morgan fingerprint density at radius 1 is 0.974 bits per heavy atom. The summed E-state index contributed by atoms with van der Waals surface area (Å²) in [7, 11) is 0. The first-order chi connectivity index (χ1) is 17.8. The Morgan fingerprint density at radius 2 is 1.63 bits per heavy atom. The Balaban J connectivity index is 1.41. The zero-order chi connectivity index (χ0) is 28.0. The number of fused-ring (bicyclic) bond motifs is 5. The molecule has 4 aliphatic carbocycles. The van der Waals surface area contributed by atoms with Crippen LogP contribution in [0, 0.1) is 58.2 Å². The van der Waals surface area contributed by atoms with E-state index in [1.807, 2.05) is 0 Å². The number of hydrogen-bond acceptors (Lipinski definition) is 5. The summed E-state index contributed by atoms with van der Waals surface area (Å²) in [4.78, 5) is 23.6. The first kappa shape index (κ1) is 29.6. The number of rotatable bonds is 8. The Bertz CT molecular complexity index is 863. The molecule has 12 atom stereocenters. The molecule has 0 saturated heterocycles. The Hall–Kier alpha value is -1.34. The number of ether oxygens (including phenoxy) is 1. The standard InChI is InChI=1S/C31H53NO6/c1-7-20-24-16-19(33)10-13-31(24,6)23-11-14-30(5)21(8-9-22(30)25(23)27(20)34)18(4)12-15-38-29(37)32-26(17(2)3)28(35)36/h17-27,33-34H,7-16H2,1-6H3,(H,32,37)(H,35,36)/t18-,19-,20-,21-,22+,23+,24+,25+,26+,27-,30-,31-/m1/s1. The number of aliphatic hydroxyl groups is 2. The normalized spacial score (nSPS) is 43.9. The minimum Gasteiger partial charge on any atom is -0.480 e. The van der Waals surface area contributed by atoms with Gasteiger partial charge in [-0.05, 0) is 110 Å². The van der Waals surface area contributed by atoms with Crippen molar-refractivity contribution < 1.29 is 29.6 Å². The molecule has 7 nitrogen and oxygen atoms in total. The van der Waals surface area contributed by atoms with Crippen LogP contribution in [0.15, 0.2) is 0 Å². The maximum absolute atomic E-state index is 12.2. The summed E-state index contributed by atoms with van der Waals surface area (Å²) in [6.45, 7) is 13.2. The van der Waals surface area contributed by atoms with Crippen LogP contribution in [0.3, 0.4) is 0 Å². The van der Waals surface area contributed by atoms with E-state index in [-0.39, 0.29) is 41.5 Å². The van der Waals surface area contributed by atoms with Gasteiger partial charge in [-0.3, -0.25) is 0 Å². The molecule has 0 spiro atoms. The van der Waals surface area contributed by atoms with Gasteiger partial charge in [0.2, 0.25) is 0 Å². The van der Waals surface area contributed by atoms with Crippen LogP contribution in [0.25, 0.3) is 0 Å². The summed E-state index contributed by atoms with van der Waals surface area (Å²) in [6, 6.07) is -0.952. The van der Waals surface area contributed by atoms with Gasteiger partial charge in [-0.15, -0.1) is 0 Å². The molecule has 4 aliphatic rings. The van der Waals surface area contributed by atoms with E-state index in [2.05, 4.69) is 33.0 Å². The van der Waals surface area contributed by atoms with E-state index in [0.717, 1.165) is 51.4 Å². The van der Waals surface area contributed by atoms with Gasteiger partial charge in [-0.25, -0.2) is 9.59 Å². The molecule has 0 bridgehead atoms. The topological polar surface area (TPSA) is 116 Å². The fraction of sp³-hybridized carbons (Fsp3) is 0.935. The van der Waals surface area contributed by atoms with Crippen molar-refractivity contribution in [2.24, 2.45) is 58.2 Å². The number of hydrogen-bond donors (Lipinski definition) is 4. The van der Waals surface area contributed by atoms with Gasteiger partial charge < -0.3 is 25.4 Å². The van der Waals surface area contributed by atoms with Gasteiger partial charge in [-0.1, -0.05) is 48.0 Å². The lowest BCUT2D eigenvalue weighted by Gasteiger charge is -2.64. The Labute approximate surface area is 229 Å². The second kappa shape index (κ2) is 11.3. The number of alkyl carbamates (subject to hydrolysis) is 1. The number of amides is 1. The van der Waals surface area contributed by atoms with Gasteiger partial charge in [0.15, 0.2) is 0 Å². The second-order valence-electron chi connectivity index (χ2n) is 14.2. The van der Waals surface area contributed by atoms with Crippen LogP contribution < -0.4 is 5.32 Å². The molecule has 0 heterocycles. The maximum atomic E-state index is 12.2. The van der Waals surface area contributed by atoms with Crippen LogP contribution >= 0.6 is 0 Å². The van der Waals surface area contributed by atoms with Crippen molar-refractivity contribution in [1.82, 2.24) is 5.32 Å². The molecule has 0 aromatic heterocycles. The van der Waals surface area contributed by atoms with E-state index in [4.69, 9.17) is 4.74 Å². The highest BCUT2D eigenvalue weighted by Crippen LogP contribution is 2.69. The van der Waals surface area contributed by atoms with E-state index >= 15 is 0 Å². The SMILES string of the molecule is CC[C@H]1[C@@H](O)[C@@H]2[C@H](CC[C@]3(C)[C@@H]([C@H](C)CCOC(=O)N[C@H](C(=O)O)C(C)C)CC[C@@H]23)[C@@]2(C)CC[C@@H](O)C[C@@H]12. The van der Waals surface area contributed by atoms with Crippen LogP contribution in [-0.2, 0) is 9.53 Å². The summed E-state index contributed by atoms with van der Waals surface area (Å²) in [5.41, 5.74) is 0.380. The lowest BCUT2D eigenvalue weighted by Crippen LogP contribution is -2.62. The largest absolute Gasteiger partial charge is 0.480 e. The molecule has 218 valence electrons. The highest BCUT2D eigenvalue weighted by atomic mass is 16.5. The average molecular weight is 536 g/mol. The zero-order valence-corrected chi connectivity index (χ0v) is 24.5. The highest BCUT2D eigenvalue weighted by molar-refractivity contribution is 5.80. The van der Waals surface area contributed by atoms with Gasteiger partial charge in [0.25, 0.3) is 0 Å². The van der Waals surface area contributed by atoms with E-state index in [9.17, 15) is 24.9 Å². The third-order valence-corrected chi connectivity index (χ3v) is 12.2. The van der Waals surface area contributed by atoms with Crippen LogP contribution in [0.4, 0.5) is 4.79 Å². The molecule has 4 fully saturated rings. The summed E-state index contributed by atoms with van der Waals surface area (Å²) < 4.78 is 5.41. The van der Waals surface area contributed by atoms with Crippen LogP contribution in [0.2, 0.25) is 0 Å². The minimum absolute atomic E-state index is 0.172. The van der Waals surface area contributed by atoms with Crippen molar-refractivity contribution >= 4 is 12.1 Å². The summed E-state index contributed by atoms with van der Waals surface area (Å²) in [6.07, 6.45) is 8.00. The smallest absolute Gasteiger partial charge is 0.407 e. The maximum Gasteiger partial charge on any atom is 0.407 e. The predicted octanol–water partition coefficient (Wildman–Crippen LogP) is 5.47. The van der Waals surface area contributed by atoms with Gasteiger partial charge in [-0.2, -0.15) is 0 Å². The van der Waals surface area contributed by atoms with Crippen molar-refractivity contribution in [3.05, 3.63) is 0 Å². The molecule has 0 aliphatic heterocycles. The number of aliphatic carboxylic acids is 1. The molecule has 0 radical (unpaired) electrons. The summed E-state index contributed by atoms with van der Waals surface area (Å²) in [5.74, 6) is 1.68. The van der Waals surface area contributed by atoms with Gasteiger partial charge in [0, 0.05) is 0 Å². The van der Waals surface area contributed by atoms with Gasteiger partial charge in [0.05, 0.1) is 18.8 Å². The van der Waals surface area contributed by atoms with Crippen LogP contribution in [0.1, 0.15) is 99.3 Å². The fourth-order valence-corrected chi connectivity index (χ4v) is 10.2. The average Bonchev–Trinajstić information content (AvgIpc) is 3.20. The molecule has 4 rings (SSSR count). The molecule has 4 saturated carbocycles. The molecule has 4 N–H and O–H groups in total. The molecule has 0 aromatic carbocycles. The van der Waals surface area contributed by atoms with E-state index in [1.165, 1.54) is 6.42 Å². The number of carbonyl (C=O) groups is 2. The summed E-state index contributed by atoms with van der Waals surface area (Å²) >= 11 is 0. The molecule has 0 aromatic rings. The van der Waals surface area contributed by atoms with Gasteiger partial charge in [0.1, 0.15) is 6.04 Å². The van der Waals surface area contributed by atoms with Crippen molar-refractivity contribution in [3.63, 3.8) is 0 Å². The van der Waals surface area contributed by atoms with Crippen molar-refractivity contribution in [2.45, 2.75) is 118 Å². The lowest BCUT2D eigenvalue weighted by atomic mass is 9.41. The number of carboxylic acids is 1. The molecule has 7 heteroatoms. The first-order valence-electron chi connectivity index (χ1n) is 15.4. The fourth-order valence-electron chi connectivity index (χ4n) is 10.2. The first-order valence-corrected chi connectivity index (χ1v) is 15.4. The molecule has 38 heavy (non-hydrogen) atoms. The van der Waals surface area contributed by atoms with E-state index in [1.54, 1.807) is 13.8 Å². The number of nitrogens with one attached hydrogen (secondary N) is 1. The molecule has 1 amide bonds. The van der Waals surface area contributed by atoms with Crippen molar-refractivity contribution in [2.75, 3.05) is 6.61 Å². The molecule has 0 unspecified atom stereocenters. The zero-order valence-electron chi connectivity index (χ0n) is 24.5. The van der Waals surface area contributed by atoms with E-state index < -0.39 is 18.1 Å². The van der Waals surface area contributed by atoms with Crippen LogP contribution in [0.5, 0.6) is 0 Å². The second-order valence-corrected chi connectivity index (χ2v) is 14.2. The quantitative estimate of drug-likeness (QED) is 0.327. The third-order valence-electron chi connectivity index (χ3n) is 12.2. The van der Waals surface area contributed by atoms with E-state index in [0.29, 0.717) is 35.5 Å². The molecular formula is C31H53NO6. The van der Waals surface area contributed by atoms with Crippen molar-refractivity contribution in [1.29, 1.82) is 0 Å². The predicted molar refractivity (Wildman–Crippen MR) is 146 cm³/mol. The van der Waals surface area contributed by atoms with Gasteiger partial charge >= 0.3 is 12.1 Å². The Kier molecular flexibility index (Phi) is 8.79. The number of carboxylic acid groups (broad SMARTS) is 1. The third kappa shape index (κ3) is 5.11. The van der Waals surface area contributed by atoms with Crippen molar-refractivity contribution in [3.8, 4) is 0 Å². The monoisotopic (exact) mass is 535 g/mol. The van der Waals surface area contributed by atoms with Crippen LogP contribution in [-0.4, -0.2) is 52.2 Å². The molecular weight excluding hydrogens is 482 g/mol. The number of aliphatic hydroxyl groups excluding tert-OH is 2.